The number of benzene rings is 3. The van der Waals surface area contributed by atoms with Crippen LogP contribution < -0.4 is 10.1 Å². The Morgan fingerprint density at radius 3 is 2.45 bits per heavy atom. The first-order valence-electron chi connectivity index (χ1n) is 17.2. The van der Waals surface area contributed by atoms with Crippen molar-refractivity contribution in [1.82, 2.24) is 10.2 Å². The largest absolute Gasteiger partial charge is 0.497 e. The van der Waals surface area contributed by atoms with E-state index in [0.29, 0.717) is 35.8 Å². The van der Waals surface area contributed by atoms with E-state index in [1.54, 1.807) is 18.9 Å². The van der Waals surface area contributed by atoms with Gasteiger partial charge in [-0.3, -0.25) is 9.69 Å². The maximum atomic E-state index is 13.7. The number of furan rings is 1. The molecule has 7 nitrogen and oxygen atoms in total. The highest BCUT2D eigenvalue weighted by molar-refractivity contribution is 7.98. The molecule has 0 saturated heterocycles. The molecule has 51 heavy (non-hydrogen) atoms. The summed E-state index contributed by atoms with van der Waals surface area (Å²) in [6.45, 7) is 9.81. The van der Waals surface area contributed by atoms with Gasteiger partial charge >= 0.3 is 5.97 Å². The van der Waals surface area contributed by atoms with E-state index in [-0.39, 0.29) is 17.4 Å². The van der Waals surface area contributed by atoms with E-state index in [0.717, 1.165) is 57.1 Å². The maximum Gasteiger partial charge on any atom is 0.326 e. The molecule has 1 aliphatic carbocycles. The Labute approximate surface area is 310 Å². The van der Waals surface area contributed by atoms with Gasteiger partial charge in [0.15, 0.2) is 0 Å². The molecular weight excluding hydrogens is 680 g/mol. The zero-order chi connectivity index (χ0) is 36.7. The van der Waals surface area contributed by atoms with E-state index in [2.05, 4.69) is 62.2 Å². The van der Waals surface area contributed by atoms with Crippen molar-refractivity contribution < 1.29 is 23.8 Å². The van der Waals surface area contributed by atoms with E-state index < -0.39 is 12.0 Å². The molecule has 1 aromatic heterocycles. The van der Waals surface area contributed by atoms with Gasteiger partial charge in [0.25, 0.3) is 5.91 Å². The second kappa shape index (κ2) is 16.9. The lowest BCUT2D eigenvalue weighted by molar-refractivity contribution is -0.139. The first-order valence-corrected chi connectivity index (χ1v) is 19.0. The molecule has 4 aromatic rings. The fraction of sp³-hybridized carbons (Fsp3) is 0.333. The van der Waals surface area contributed by atoms with Gasteiger partial charge in [0.1, 0.15) is 23.3 Å². The molecule has 0 saturated carbocycles. The third-order valence-corrected chi connectivity index (χ3v) is 10.2. The lowest BCUT2D eigenvalue weighted by Crippen LogP contribution is -2.41. The molecule has 0 fully saturated rings. The minimum absolute atomic E-state index is 0.168. The van der Waals surface area contributed by atoms with Crippen LogP contribution in [0.3, 0.4) is 0 Å². The van der Waals surface area contributed by atoms with Gasteiger partial charge in [-0.15, -0.1) is 0 Å². The fourth-order valence-electron chi connectivity index (χ4n) is 6.35. The van der Waals surface area contributed by atoms with E-state index in [1.807, 2.05) is 73.0 Å². The number of allylic oxidation sites excluding steroid dienone is 4. The van der Waals surface area contributed by atoms with Gasteiger partial charge in [0, 0.05) is 34.3 Å². The van der Waals surface area contributed by atoms with Crippen LogP contribution >= 0.6 is 23.4 Å². The quantitative estimate of drug-likeness (QED) is 0.126. The Morgan fingerprint density at radius 2 is 1.78 bits per heavy atom. The molecule has 9 heteroatoms. The Bertz CT molecular complexity index is 1910. The number of nitrogens with zero attached hydrogens (tertiary/aromatic N) is 1. The van der Waals surface area contributed by atoms with Crippen molar-refractivity contribution in [3.8, 4) is 28.2 Å². The van der Waals surface area contributed by atoms with Crippen LogP contribution in [0.1, 0.15) is 67.8 Å². The summed E-state index contributed by atoms with van der Waals surface area (Å²) in [5, 5.41) is 13.3. The van der Waals surface area contributed by atoms with Gasteiger partial charge in [-0.2, -0.15) is 11.8 Å². The Hall–Kier alpha value is -4.24. The number of amides is 1. The molecule has 0 spiro atoms. The summed E-state index contributed by atoms with van der Waals surface area (Å²) in [6, 6.07) is 22.8. The Balaban J connectivity index is 1.49. The van der Waals surface area contributed by atoms with Gasteiger partial charge in [-0.1, -0.05) is 61.9 Å². The molecule has 268 valence electrons. The lowest BCUT2D eigenvalue weighted by atomic mass is 9.74. The van der Waals surface area contributed by atoms with Gasteiger partial charge < -0.3 is 19.6 Å². The second-order valence-corrected chi connectivity index (χ2v) is 15.2. The number of carbonyl (C=O) groups is 2. The van der Waals surface area contributed by atoms with Crippen molar-refractivity contribution >= 4 is 40.8 Å². The van der Waals surface area contributed by atoms with Crippen LogP contribution in [0.2, 0.25) is 5.02 Å². The van der Waals surface area contributed by atoms with Crippen molar-refractivity contribution in [3.63, 3.8) is 0 Å². The average molecular weight is 727 g/mol. The van der Waals surface area contributed by atoms with Gasteiger partial charge in [-0.25, -0.2) is 4.79 Å². The number of nitrogens with one attached hydrogen (secondary N) is 1. The molecule has 2 N–H and O–H groups in total. The second-order valence-electron chi connectivity index (χ2n) is 13.8. The van der Waals surface area contributed by atoms with Crippen molar-refractivity contribution in [3.05, 3.63) is 118 Å². The Morgan fingerprint density at radius 1 is 1.02 bits per heavy atom. The van der Waals surface area contributed by atoms with Gasteiger partial charge in [0.05, 0.1) is 13.7 Å². The predicted octanol–water partition coefficient (Wildman–Crippen LogP) is 9.99. The molecule has 1 heterocycles. The van der Waals surface area contributed by atoms with Crippen LogP contribution in [0.15, 0.2) is 95.4 Å². The highest BCUT2D eigenvalue weighted by Crippen LogP contribution is 2.42. The number of carboxylic acids is 1. The number of carbonyl (C=O) groups excluding carboxylic acids is 1. The third-order valence-electron chi connectivity index (χ3n) is 9.33. The van der Waals surface area contributed by atoms with Crippen LogP contribution in [-0.4, -0.2) is 53.1 Å². The number of ether oxygens (including phenoxy) is 1. The summed E-state index contributed by atoms with van der Waals surface area (Å²) in [4.78, 5) is 28.1. The predicted molar refractivity (Wildman–Crippen MR) is 209 cm³/mol. The monoisotopic (exact) mass is 726 g/mol. The summed E-state index contributed by atoms with van der Waals surface area (Å²) >= 11 is 7.79. The lowest BCUT2D eigenvalue weighted by Gasteiger charge is -2.31. The molecule has 0 radical (unpaired) electrons. The van der Waals surface area contributed by atoms with Crippen LogP contribution in [0.25, 0.3) is 28.0 Å². The van der Waals surface area contributed by atoms with Crippen molar-refractivity contribution in [1.29, 1.82) is 0 Å². The molecule has 0 aliphatic heterocycles. The van der Waals surface area contributed by atoms with Crippen LogP contribution in [0.5, 0.6) is 5.75 Å². The van der Waals surface area contributed by atoms with Crippen LogP contribution in [-0.2, 0) is 17.9 Å². The minimum atomic E-state index is -1.03. The molecule has 1 amide bonds. The standard InChI is InChI=1S/C42H47ClN2O5S/c1-27(2)45(26-33-24-35(30-10-9-11-32(23-30)49-5)39(50-33)29-14-16-31(43)17-15-29)25-28-13-18-34(40(46)44-38(41(47)48)19-21-51-6)36(22-28)37-12-7-8-20-42(37,3)4/h7-18,22-24,27,38H,19-21,25-26H2,1-6H3,(H,44,46)(H,47,48)/t38-/m0/s1. The maximum absolute atomic E-state index is 13.7. The van der Waals surface area contributed by atoms with E-state index in [1.165, 1.54) is 0 Å². The number of aliphatic carboxylic acids is 1. The third kappa shape index (κ3) is 9.36. The van der Waals surface area contributed by atoms with E-state index >= 15 is 0 Å². The van der Waals surface area contributed by atoms with Crippen LogP contribution in [0, 0.1) is 5.41 Å². The highest BCUT2D eigenvalue weighted by atomic mass is 35.5. The summed E-state index contributed by atoms with van der Waals surface area (Å²) in [5.74, 6) is 1.55. The summed E-state index contributed by atoms with van der Waals surface area (Å²) in [5.41, 5.74) is 6.04. The SMILES string of the molecule is COc1cccc(-c2cc(CN(Cc3ccc(C(=O)N[C@@H](CCSC)C(=O)O)c(C4=CC=CCC4(C)C)c3)C(C)C)oc2-c2ccc(Cl)cc2)c1. The molecule has 1 aliphatic rings. The Kier molecular flexibility index (Phi) is 12.6. The van der Waals surface area contributed by atoms with Crippen molar-refractivity contribution in [2.24, 2.45) is 5.41 Å². The first-order chi connectivity index (χ1) is 24.4. The van der Waals surface area contributed by atoms with Gasteiger partial charge in [-0.05, 0) is 121 Å². The minimum Gasteiger partial charge on any atom is -0.497 e. The fourth-order valence-corrected chi connectivity index (χ4v) is 6.95. The number of thioether (sulfide) groups is 1. The topological polar surface area (TPSA) is 92.0 Å². The number of halogens is 1. The normalized spacial score (nSPS) is 14.4. The first kappa shape index (κ1) is 38.0. The summed E-state index contributed by atoms with van der Waals surface area (Å²) in [6.07, 6.45) is 9.34. The smallest absolute Gasteiger partial charge is 0.326 e. The molecule has 0 bridgehead atoms. The number of methoxy groups -OCH3 is 1. The zero-order valence-electron chi connectivity index (χ0n) is 30.2. The molecule has 3 aromatic carbocycles. The van der Waals surface area contributed by atoms with Crippen molar-refractivity contribution in [2.75, 3.05) is 19.1 Å². The van der Waals surface area contributed by atoms with Crippen LogP contribution in [0.4, 0.5) is 0 Å². The molecule has 1 atom stereocenters. The zero-order valence-corrected chi connectivity index (χ0v) is 31.7. The summed E-state index contributed by atoms with van der Waals surface area (Å²) in [7, 11) is 1.66. The van der Waals surface area contributed by atoms with E-state index in [9.17, 15) is 14.7 Å². The average Bonchev–Trinajstić information content (AvgIpc) is 3.53. The van der Waals surface area contributed by atoms with E-state index in [4.69, 9.17) is 20.8 Å². The number of carboxylic acid groups (broad SMARTS) is 1. The number of rotatable bonds is 15. The summed E-state index contributed by atoms with van der Waals surface area (Å²) < 4.78 is 12.1. The molecule has 5 rings (SSSR count). The van der Waals surface area contributed by atoms with Crippen molar-refractivity contribution in [2.45, 2.75) is 65.7 Å². The molecule has 0 unspecified atom stereocenters. The highest BCUT2D eigenvalue weighted by Gasteiger charge is 2.30. The number of hydrogen-bond acceptors (Lipinski definition) is 6. The number of hydrogen-bond donors (Lipinski definition) is 2. The van der Waals surface area contributed by atoms with Gasteiger partial charge in [0.2, 0.25) is 0 Å². The molecular formula is C42H47ClN2O5S.